The summed E-state index contributed by atoms with van der Waals surface area (Å²) < 4.78 is 36.4. The number of methoxy groups -OCH3 is 1. The quantitative estimate of drug-likeness (QED) is 0.250. The maximum atomic E-state index is 13.1. The van der Waals surface area contributed by atoms with Crippen molar-refractivity contribution in [1.29, 1.82) is 0 Å². The molecule has 0 fully saturated rings. The zero-order chi connectivity index (χ0) is 27.3. The Bertz CT molecular complexity index is 1750. The van der Waals surface area contributed by atoms with Gasteiger partial charge in [0.2, 0.25) is 11.8 Å². The molecule has 198 valence electrons. The van der Waals surface area contributed by atoms with Crippen LogP contribution in [-0.2, 0) is 4.74 Å². The molecule has 0 bridgehead atoms. The Balaban J connectivity index is 1.30. The molecule has 0 aliphatic carbocycles. The number of carbonyl (C=O) groups excluding carboxylic acids is 1. The summed E-state index contributed by atoms with van der Waals surface area (Å²) in [6.07, 6.45) is 1.03. The second kappa shape index (κ2) is 9.79. The van der Waals surface area contributed by atoms with Crippen LogP contribution in [0.3, 0.4) is 0 Å². The van der Waals surface area contributed by atoms with Crippen LogP contribution in [0.5, 0.6) is 17.4 Å². The zero-order valence-electron chi connectivity index (χ0n) is 20.8. The largest absolute Gasteiger partial charge is 0.480 e. The van der Waals surface area contributed by atoms with Crippen LogP contribution in [0, 0.1) is 12.9 Å². The first-order valence-corrected chi connectivity index (χ1v) is 12.8. The van der Waals surface area contributed by atoms with Crippen LogP contribution in [0.2, 0.25) is 5.02 Å². The number of nitrogens with zero attached hydrogens (tertiary/aromatic N) is 5. The number of carbonyl (C=O) groups is 1. The summed E-state index contributed by atoms with van der Waals surface area (Å²) in [7, 11) is 3.02. The molecule has 0 N–H and O–H groups in total. The first kappa shape index (κ1) is 25.0. The number of ether oxygens (including phenoxy) is 4. The van der Waals surface area contributed by atoms with Crippen LogP contribution in [-0.4, -0.2) is 53.1 Å². The highest BCUT2D eigenvalue weighted by atomic mass is 35.5. The van der Waals surface area contributed by atoms with E-state index in [2.05, 4.69) is 15.0 Å². The average molecular weight is 568 g/mol. The van der Waals surface area contributed by atoms with Crippen molar-refractivity contribution < 1.29 is 28.1 Å². The van der Waals surface area contributed by atoms with E-state index in [4.69, 9.17) is 35.5 Å². The van der Waals surface area contributed by atoms with E-state index in [0.717, 1.165) is 17.2 Å². The van der Waals surface area contributed by atoms with Crippen LogP contribution in [0.25, 0.3) is 31.8 Å². The van der Waals surface area contributed by atoms with Gasteiger partial charge in [-0.15, -0.1) is 11.3 Å². The van der Waals surface area contributed by atoms with Gasteiger partial charge in [0.05, 0.1) is 41.2 Å². The van der Waals surface area contributed by atoms with Gasteiger partial charge < -0.3 is 18.9 Å². The lowest BCUT2D eigenvalue weighted by molar-refractivity contribution is -0.0717. The van der Waals surface area contributed by atoms with E-state index in [1.807, 2.05) is 19.1 Å². The van der Waals surface area contributed by atoms with Crippen molar-refractivity contribution in [1.82, 2.24) is 19.9 Å². The van der Waals surface area contributed by atoms with E-state index in [-0.39, 0.29) is 6.61 Å². The first-order valence-electron chi connectivity index (χ1n) is 11.6. The topological polar surface area (TPSA) is 109 Å². The zero-order valence-corrected chi connectivity index (χ0v) is 22.3. The maximum Gasteiger partial charge on any atom is 0.417 e. The third-order valence-electron chi connectivity index (χ3n) is 5.98. The smallest absolute Gasteiger partial charge is 0.417 e. The van der Waals surface area contributed by atoms with Gasteiger partial charge in [-0.3, -0.25) is 4.90 Å². The highest BCUT2D eigenvalue weighted by molar-refractivity contribution is 7.22. The number of rotatable bonds is 4. The van der Waals surface area contributed by atoms with Gasteiger partial charge in [0.1, 0.15) is 15.2 Å². The third kappa shape index (κ3) is 4.61. The maximum absolute atomic E-state index is 13.1. The fraction of sp³-hybridized carbons (Fsp3) is 0.192. The molecule has 39 heavy (non-hydrogen) atoms. The summed E-state index contributed by atoms with van der Waals surface area (Å²) in [4.78, 5) is 31.2. The number of hydrogen-bond acceptors (Lipinski definition) is 10. The number of thiazole rings is 1. The Hall–Kier alpha value is -4.29. The van der Waals surface area contributed by atoms with Crippen molar-refractivity contribution in [2.45, 2.75) is 13.2 Å². The summed E-state index contributed by atoms with van der Waals surface area (Å²) in [5.74, 6) is 0.531. The fourth-order valence-corrected chi connectivity index (χ4v) is 5.49. The van der Waals surface area contributed by atoms with Gasteiger partial charge in [0, 0.05) is 18.7 Å². The lowest BCUT2D eigenvalue weighted by atomic mass is 10.1. The SMILES string of the molecule is COc1cnc2c(-c3nc4c(Cl)cc5c(c4s3)OC[C@@H](OC(=O)N(C)c3ccc(F)nc3)O5)cc(C)cc2n1. The number of fused-ring (bicyclic) bond motifs is 4. The van der Waals surface area contributed by atoms with E-state index >= 15 is 0 Å². The van der Waals surface area contributed by atoms with Gasteiger partial charge in [-0.25, -0.2) is 24.7 Å². The van der Waals surface area contributed by atoms with Gasteiger partial charge in [-0.05, 0) is 36.8 Å². The van der Waals surface area contributed by atoms with Crippen molar-refractivity contribution in [3.8, 4) is 28.0 Å². The van der Waals surface area contributed by atoms with Gasteiger partial charge in [0.15, 0.2) is 18.1 Å². The van der Waals surface area contributed by atoms with Gasteiger partial charge in [-0.2, -0.15) is 4.39 Å². The molecule has 1 aliphatic heterocycles. The van der Waals surface area contributed by atoms with E-state index in [1.165, 1.54) is 35.5 Å². The molecule has 4 heterocycles. The number of anilines is 1. The van der Waals surface area contributed by atoms with Gasteiger partial charge >= 0.3 is 6.09 Å². The molecule has 0 radical (unpaired) electrons. The van der Waals surface area contributed by atoms with E-state index in [0.29, 0.717) is 54.3 Å². The Morgan fingerprint density at radius 2 is 2.03 bits per heavy atom. The Kier molecular flexibility index (Phi) is 6.28. The summed E-state index contributed by atoms with van der Waals surface area (Å²) >= 11 is 7.97. The molecule has 0 unspecified atom stereocenters. The standard InChI is InChI=1S/C26H19ClFN5O5S/c1-12-6-14(21-16(7-12)31-19(35-3)10-30-21)25-32-22-15(27)8-17-23(24(22)39-25)36-11-20(37-17)38-26(34)33(2)13-4-5-18(28)29-9-13/h4-10,20H,11H2,1-3H3/t20-/m1/s1. The number of benzene rings is 2. The van der Waals surface area contributed by atoms with Crippen molar-refractivity contribution in [2.24, 2.45) is 0 Å². The molecule has 1 amide bonds. The van der Waals surface area contributed by atoms with E-state index in [1.54, 1.807) is 19.4 Å². The Labute approximate surface area is 229 Å². The number of aryl methyl sites for hydroxylation is 1. The summed E-state index contributed by atoms with van der Waals surface area (Å²) in [6, 6.07) is 8.06. The molecule has 0 saturated carbocycles. The molecule has 0 spiro atoms. The summed E-state index contributed by atoms with van der Waals surface area (Å²) in [6.45, 7) is 1.91. The Morgan fingerprint density at radius 1 is 1.18 bits per heavy atom. The third-order valence-corrected chi connectivity index (χ3v) is 7.35. The second-order valence-corrected chi connectivity index (χ2v) is 10.0. The predicted molar refractivity (Wildman–Crippen MR) is 143 cm³/mol. The molecule has 1 atom stereocenters. The van der Waals surface area contributed by atoms with Crippen LogP contribution < -0.4 is 19.1 Å². The normalized spacial score (nSPS) is 14.4. The molecule has 6 rings (SSSR count). The van der Waals surface area contributed by atoms with E-state index < -0.39 is 18.3 Å². The number of pyridine rings is 1. The minimum atomic E-state index is -1.03. The molecule has 3 aromatic heterocycles. The highest BCUT2D eigenvalue weighted by Crippen LogP contribution is 2.47. The molecule has 1 aliphatic rings. The second-order valence-electron chi connectivity index (χ2n) is 8.62. The van der Waals surface area contributed by atoms with Crippen molar-refractivity contribution in [3.63, 3.8) is 0 Å². The van der Waals surface area contributed by atoms with Crippen LogP contribution in [0.15, 0.2) is 42.7 Å². The number of amides is 1. The minimum Gasteiger partial charge on any atom is -0.480 e. The Morgan fingerprint density at radius 3 is 2.79 bits per heavy atom. The van der Waals surface area contributed by atoms with Gasteiger partial charge in [-0.1, -0.05) is 11.6 Å². The van der Waals surface area contributed by atoms with Crippen LogP contribution >= 0.6 is 22.9 Å². The molecule has 0 saturated heterocycles. The van der Waals surface area contributed by atoms with E-state index in [9.17, 15) is 9.18 Å². The molecule has 10 nitrogen and oxygen atoms in total. The monoisotopic (exact) mass is 567 g/mol. The average Bonchev–Trinajstić information content (AvgIpc) is 3.38. The summed E-state index contributed by atoms with van der Waals surface area (Å²) in [5, 5.41) is 1.03. The lowest BCUT2D eigenvalue weighted by Crippen LogP contribution is -2.38. The molecule has 2 aromatic carbocycles. The number of halogens is 2. The van der Waals surface area contributed by atoms with Crippen molar-refractivity contribution >= 4 is 56.0 Å². The molecule has 13 heteroatoms. The van der Waals surface area contributed by atoms with Crippen molar-refractivity contribution in [3.05, 3.63) is 59.3 Å². The summed E-state index contributed by atoms with van der Waals surface area (Å²) in [5.41, 5.74) is 4.05. The minimum absolute atomic E-state index is 0.0587. The van der Waals surface area contributed by atoms with Gasteiger partial charge in [0.25, 0.3) is 6.29 Å². The molecular weight excluding hydrogens is 549 g/mol. The molecule has 5 aromatic rings. The fourth-order valence-electron chi connectivity index (χ4n) is 4.09. The van der Waals surface area contributed by atoms with Crippen LogP contribution in [0.4, 0.5) is 14.9 Å². The number of hydrogen-bond donors (Lipinski definition) is 0. The molecular formula is C26H19ClFN5O5S. The predicted octanol–water partition coefficient (Wildman–Crippen LogP) is 5.78. The van der Waals surface area contributed by atoms with Crippen LogP contribution in [0.1, 0.15) is 5.56 Å². The van der Waals surface area contributed by atoms with Crippen molar-refractivity contribution in [2.75, 3.05) is 25.7 Å². The lowest BCUT2D eigenvalue weighted by Gasteiger charge is -2.28. The highest BCUT2D eigenvalue weighted by Gasteiger charge is 2.30. The first-order chi connectivity index (χ1) is 18.8. The number of aromatic nitrogens is 4.